The van der Waals surface area contributed by atoms with E-state index in [4.69, 9.17) is 5.73 Å². The van der Waals surface area contributed by atoms with Gasteiger partial charge in [-0.05, 0) is 25.0 Å². The molecule has 0 saturated carbocycles. The molecule has 2 rings (SSSR count). The first-order valence-electron chi connectivity index (χ1n) is 6.84. The van der Waals surface area contributed by atoms with Crippen LogP contribution in [0.1, 0.15) is 12.8 Å². The second-order valence-corrected chi connectivity index (χ2v) is 5.27. The number of nitrogens with two attached hydrogens (primary N) is 1. The van der Waals surface area contributed by atoms with Crippen LogP contribution in [-0.4, -0.2) is 31.4 Å². The van der Waals surface area contributed by atoms with Crippen LogP contribution in [0, 0.1) is 17.6 Å². The number of benzene rings is 1. The molecule has 0 radical (unpaired) electrons. The van der Waals surface area contributed by atoms with Crippen LogP contribution in [0.3, 0.4) is 0 Å². The molecule has 21 heavy (non-hydrogen) atoms. The number of para-hydroxylation sites is 1. The third-order valence-corrected chi connectivity index (χ3v) is 3.66. The zero-order valence-corrected chi connectivity index (χ0v) is 11.5. The van der Waals surface area contributed by atoms with Gasteiger partial charge in [-0.3, -0.25) is 9.59 Å². The lowest BCUT2D eigenvalue weighted by molar-refractivity contribution is -0.899. The number of likely N-dealkylation sites (tertiary alicyclic amines) is 1. The Kier molecular flexibility index (Phi) is 4.85. The van der Waals surface area contributed by atoms with E-state index in [-0.39, 0.29) is 18.4 Å². The van der Waals surface area contributed by atoms with Gasteiger partial charge in [0, 0.05) is 0 Å². The van der Waals surface area contributed by atoms with Crippen molar-refractivity contribution in [2.75, 3.05) is 25.0 Å². The highest BCUT2D eigenvalue weighted by molar-refractivity contribution is 5.91. The van der Waals surface area contributed by atoms with Gasteiger partial charge in [0.15, 0.2) is 6.54 Å². The lowest BCUT2D eigenvalue weighted by atomic mass is 9.97. The van der Waals surface area contributed by atoms with E-state index in [2.05, 4.69) is 5.32 Å². The molecular weight excluding hydrogens is 280 g/mol. The largest absolute Gasteiger partial charge is 0.369 e. The Morgan fingerprint density at radius 2 is 2.00 bits per heavy atom. The molecule has 2 amide bonds. The highest BCUT2D eigenvalue weighted by Crippen LogP contribution is 2.17. The molecule has 4 N–H and O–H groups in total. The fraction of sp³-hybridized carbons (Fsp3) is 0.429. The van der Waals surface area contributed by atoms with Crippen LogP contribution in [0.2, 0.25) is 0 Å². The van der Waals surface area contributed by atoms with Gasteiger partial charge in [-0.25, -0.2) is 8.78 Å². The van der Waals surface area contributed by atoms with E-state index in [9.17, 15) is 18.4 Å². The SMILES string of the molecule is NC(=O)[C@H]1CCC[NH+](CC(=O)Nc2c(F)cccc2F)C1. The van der Waals surface area contributed by atoms with Gasteiger partial charge in [0.2, 0.25) is 5.91 Å². The number of piperidine rings is 1. The molecule has 1 fully saturated rings. The number of quaternary nitrogens is 1. The van der Waals surface area contributed by atoms with E-state index in [1.807, 2.05) is 0 Å². The van der Waals surface area contributed by atoms with E-state index < -0.39 is 23.2 Å². The molecule has 1 saturated heterocycles. The molecule has 0 bridgehead atoms. The highest BCUT2D eigenvalue weighted by atomic mass is 19.1. The molecular formula is C14H18F2N3O2+. The molecule has 5 nitrogen and oxygen atoms in total. The van der Waals surface area contributed by atoms with Crippen LogP contribution in [0.25, 0.3) is 0 Å². The number of primary amides is 1. The number of hydrogen-bond acceptors (Lipinski definition) is 2. The van der Waals surface area contributed by atoms with E-state index in [1.54, 1.807) is 0 Å². The minimum absolute atomic E-state index is 0.0531. The number of amides is 2. The van der Waals surface area contributed by atoms with Gasteiger partial charge in [0.1, 0.15) is 17.3 Å². The summed E-state index contributed by atoms with van der Waals surface area (Å²) in [4.78, 5) is 23.9. The minimum Gasteiger partial charge on any atom is -0.369 e. The van der Waals surface area contributed by atoms with Crippen LogP contribution in [-0.2, 0) is 9.59 Å². The fourth-order valence-electron chi connectivity index (χ4n) is 2.58. The standard InChI is InChI=1S/C14H17F2N3O2/c15-10-4-1-5-11(16)13(10)18-12(20)8-19-6-2-3-9(7-19)14(17)21/h1,4-5,9H,2-3,6-8H2,(H2,17,21)(H,18,20)/p+1/t9-/m0/s1. The summed E-state index contributed by atoms with van der Waals surface area (Å²) in [6, 6.07) is 3.39. The molecule has 1 aromatic carbocycles. The van der Waals surface area contributed by atoms with E-state index in [0.717, 1.165) is 36.4 Å². The maximum absolute atomic E-state index is 13.4. The van der Waals surface area contributed by atoms with Crippen LogP contribution in [0.5, 0.6) is 0 Å². The lowest BCUT2D eigenvalue weighted by Crippen LogP contribution is -3.14. The number of carbonyl (C=O) groups excluding carboxylic acids is 2. The molecule has 1 unspecified atom stereocenters. The Bertz CT molecular complexity index is 531. The van der Waals surface area contributed by atoms with Crippen molar-refractivity contribution in [2.24, 2.45) is 11.7 Å². The van der Waals surface area contributed by atoms with E-state index >= 15 is 0 Å². The molecule has 0 spiro atoms. The quantitative estimate of drug-likeness (QED) is 0.713. The van der Waals surface area contributed by atoms with Gasteiger partial charge >= 0.3 is 0 Å². The topological polar surface area (TPSA) is 76.6 Å². The average molecular weight is 298 g/mol. The zero-order valence-electron chi connectivity index (χ0n) is 11.5. The molecule has 1 aliphatic heterocycles. The van der Waals surface area contributed by atoms with E-state index in [1.165, 1.54) is 6.07 Å². The number of nitrogens with one attached hydrogen (secondary N) is 2. The summed E-state index contributed by atoms with van der Waals surface area (Å²) >= 11 is 0. The summed E-state index contributed by atoms with van der Waals surface area (Å²) in [6.45, 7) is 1.26. The number of hydrogen-bond donors (Lipinski definition) is 3. The van der Waals surface area contributed by atoms with Crippen LogP contribution >= 0.6 is 0 Å². The van der Waals surface area contributed by atoms with Crippen molar-refractivity contribution in [2.45, 2.75) is 12.8 Å². The first-order valence-corrected chi connectivity index (χ1v) is 6.84. The highest BCUT2D eigenvalue weighted by Gasteiger charge is 2.28. The fourth-order valence-corrected chi connectivity index (χ4v) is 2.58. The first-order chi connectivity index (χ1) is 9.97. The van der Waals surface area contributed by atoms with Gasteiger partial charge in [-0.15, -0.1) is 0 Å². The smallest absolute Gasteiger partial charge is 0.279 e. The van der Waals surface area contributed by atoms with Gasteiger partial charge in [0.25, 0.3) is 5.91 Å². The van der Waals surface area contributed by atoms with Gasteiger partial charge < -0.3 is 16.0 Å². The van der Waals surface area contributed by atoms with Gasteiger partial charge in [-0.1, -0.05) is 6.07 Å². The molecule has 2 atom stereocenters. The van der Waals surface area contributed by atoms with Crippen molar-refractivity contribution in [3.63, 3.8) is 0 Å². The maximum atomic E-state index is 13.4. The van der Waals surface area contributed by atoms with Gasteiger partial charge in [0.05, 0.1) is 19.0 Å². The van der Waals surface area contributed by atoms with E-state index in [0.29, 0.717) is 6.54 Å². The summed E-state index contributed by atoms with van der Waals surface area (Å²) < 4.78 is 26.9. The number of halogens is 2. The summed E-state index contributed by atoms with van der Waals surface area (Å²) in [6.07, 6.45) is 1.52. The molecule has 0 aromatic heterocycles. The lowest BCUT2D eigenvalue weighted by Gasteiger charge is -2.27. The van der Waals surface area contributed by atoms with Crippen LogP contribution in [0.4, 0.5) is 14.5 Å². The summed E-state index contributed by atoms with van der Waals surface area (Å²) in [5.74, 6) is -2.72. The Labute approximate surface area is 121 Å². The first kappa shape index (κ1) is 15.4. The number of carbonyl (C=O) groups is 2. The average Bonchev–Trinajstić information content (AvgIpc) is 2.43. The van der Waals surface area contributed by atoms with Crippen molar-refractivity contribution in [1.82, 2.24) is 0 Å². The molecule has 1 aliphatic rings. The molecule has 1 aromatic rings. The van der Waals surface area contributed by atoms with Crippen molar-refractivity contribution in [3.05, 3.63) is 29.8 Å². The van der Waals surface area contributed by atoms with Crippen LogP contribution in [0.15, 0.2) is 18.2 Å². The third kappa shape index (κ3) is 3.98. The minimum atomic E-state index is -0.813. The van der Waals surface area contributed by atoms with Crippen molar-refractivity contribution >= 4 is 17.5 Å². The Balaban J connectivity index is 1.94. The Hall–Kier alpha value is -2.02. The Morgan fingerprint density at radius 3 is 2.62 bits per heavy atom. The Morgan fingerprint density at radius 1 is 1.33 bits per heavy atom. The van der Waals surface area contributed by atoms with Crippen molar-refractivity contribution < 1.29 is 23.3 Å². The molecule has 114 valence electrons. The summed E-state index contributed by atoms with van der Waals surface area (Å²) in [5, 5.41) is 2.24. The maximum Gasteiger partial charge on any atom is 0.279 e. The molecule has 7 heteroatoms. The summed E-state index contributed by atoms with van der Waals surface area (Å²) in [5.41, 5.74) is 4.83. The second kappa shape index (κ2) is 6.62. The molecule has 1 heterocycles. The van der Waals surface area contributed by atoms with Crippen molar-refractivity contribution in [1.29, 1.82) is 0 Å². The van der Waals surface area contributed by atoms with Crippen LogP contribution < -0.4 is 16.0 Å². The summed E-state index contributed by atoms with van der Waals surface area (Å²) in [7, 11) is 0. The zero-order chi connectivity index (χ0) is 15.4. The second-order valence-electron chi connectivity index (χ2n) is 5.27. The normalized spacial score (nSPS) is 21.8. The number of anilines is 1. The molecule has 0 aliphatic carbocycles. The predicted octanol–water partition coefficient (Wildman–Crippen LogP) is -0.316. The predicted molar refractivity (Wildman–Crippen MR) is 72.5 cm³/mol. The third-order valence-electron chi connectivity index (χ3n) is 3.66. The number of rotatable bonds is 4. The monoisotopic (exact) mass is 298 g/mol. The van der Waals surface area contributed by atoms with Crippen molar-refractivity contribution in [3.8, 4) is 0 Å². The van der Waals surface area contributed by atoms with Gasteiger partial charge in [-0.2, -0.15) is 0 Å².